The fourth-order valence-electron chi connectivity index (χ4n) is 8.46. The van der Waals surface area contributed by atoms with Crippen LogP contribution in [-0.4, -0.2) is 36.4 Å². The Labute approximate surface area is 434 Å². The molecule has 0 heterocycles. The van der Waals surface area contributed by atoms with Gasteiger partial charge in [0.25, 0.3) is 0 Å². The topological polar surface area (TPSA) is 72.8 Å². The second-order valence-corrected chi connectivity index (χ2v) is 19.7. The molecule has 1 unspecified atom stereocenters. The number of carbonyl (C=O) groups excluding carboxylic acids is 2. The maximum Gasteiger partial charge on any atom is 0.306 e. The third-order valence-electron chi connectivity index (χ3n) is 12.9. The largest absolute Gasteiger partial charge is 0.462 e. The SMILES string of the molecule is CC/C=C\C/C=C\C/C=C\C/C=C\C/C=C\C/C=C\C/C=C\C/C=C\CCCCCCCCCCCCC(=O)OC(CO)COC(=O)CCCCCCCCCCCCCCCCCCCCCCC. The summed E-state index contributed by atoms with van der Waals surface area (Å²) in [5.74, 6) is -0.588. The first-order chi connectivity index (χ1) is 34.6. The predicted octanol–water partition coefficient (Wildman–Crippen LogP) is 20.3. The average Bonchev–Trinajstić information content (AvgIpc) is 3.36. The van der Waals surface area contributed by atoms with Crippen molar-refractivity contribution in [2.24, 2.45) is 0 Å². The molecule has 1 atom stereocenters. The Morgan fingerprint density at radius 2 is 0.614 bits per heavy atom. The molecule has 0 spiro atoms. The van der Waals surface area contributed by atoms with Crippen LogP contribution in [0.1, 0.15) is 284 Å². The van der Waals surface area contributed by atoms with Crippen LogP contribution in [-0.2, 0) is 19.1 Å². The van der Waals surface area contributed by atoms with E-state index in [1.807, 2.05) is 0 Å². The van der Waals surface area contributed by atoms with E-state index < -0.39 is 6.10 Å². The van der Waals surface area contributed by atoms with Crippen LogP contribution < -0.4 is 0 Å². The Bertz CT molecular complexity index is 1330. The highest BCUT2D eigenvalue weighted by molar-refractivity contribution is 5.70. The number of aliphatic hydroxyl groups is 1. The van der Waals surface area contributed by atoms with Crippen molar-refractivity contribution < 1.29 is 24.2 Å². The molecule has 0 saturated heterocycles. The maximum absolute atomic E-state index is 12.3. The molecule has 0 rings (SSSR count). The summed E-state index contributed by atoms with van der Waals surface area (Å²) >= 11 is 0. The van der Waals surface area contributed by atoms with Gasteiger partial charge in [0.05, 0.1) is 6.61 Å². The number of ether oxygens (including phenoxy) is 2. The van der Waals surface area contributed by atoms with Crippen LogP contribution in [0.5, 0.6) is 0 Å². The monoisotopic (exact) mass is 973 g/mol. The van der Waals surface area contributed by atoms with Gasteiger partial charge in [-0.15, -0.1) is 0 Å². The Morgan fingerprint density at radius 1 is 0.343 bits per heavy atom. The molecule has 0 aliphatic heterocycles. The number of esters is 2. The summed E-state index contributed by atoms with van der Waals surface area (Å²) in [5, 5.41) is 9.66. The van der Waals surface area contributed by atoms with Crippen LogP contribution in [0.25, 0.3) is 0 Å². The highest BCUT2D eigenvalue weighted by Crippen LogP contribution is 2.17. The lowest BCUT2D eigenvalue weighted by molar-refractivity contribution is -0.161. The van der Waals surface area contributed by atoms with Crippen molar-refractivity contribution in [3.8, 4) is 0 Å². The van der Waals surface area contributed by atoms with E-state index >= 15 is 0 Å². The predicted molar refractivity (Wildman–Crippen MR) is 306 cm³/mol. The normalized spacial score (nSPS) is 12.9. The molecular weight excluding hydrogens is 861 g/mol. The zero-order valence-corrected chi connectivity index (χ0v) is 46.0. The third-order valence-corrected chi connectivity index (χ3v) is 12.9. The highest BCUT2D eigenvalue weighted by Gasteiger charge is 2.16. The molecule has 0 aliphatic rings. The van der Waals surface area contributed by atoms with Gasteiger partial charge in [0.15, 0.2) is 6.10 Å². The third kappa shape index (κ3) is 57.4. The zero-order chi connectivity index (χ0) is 50.6. The van der Waals surface area contributed by atoms with Gasteiger partial charge in [-0.25, -0.2) is 0 Å². The summed E-state index contributed by atoms with van der Waals surface area (Å²) < 4.78 is 10.7. The summed E-state index contributed by atoms with van der Waals surface area (Å²) in [4.78, 5) is 24.5. The van der Waals surface area contributed by atoms with Crippen molar-refractivity contribution in [1.82, 2.24) is 0 Å². The van der Waals surface area contributed by atoms with Gasteiger partial charge >= 0.3 is 11.9 Å². The molecule has 0 amide bonds. The minimum absolute atomic E-state index is 0.0680. The van der Waals surface area contributed by atoms with Crippen molar-refractivity contribution in [3.05, 3.63) is 97.2 Å². The van der Waals surface area contributed by atoms with Gasteiger partial charge in [0, 0.05) is 12.8 Å². The van der Waals surface area contributed by atoms with E-state index in [9.17, 15) is 14.7 Å². The van der Waals surface area contributed by atoms with Crippen molar-refractivity contribution in [1.29, 1.82) is 0 Å². The van der Waals surface area contributed by atoms with E-state index in [4.69, 9.17) is 9.47 Å². The Balaban J connectivity index is 3.53. The Morgan fingerprint density at radius 3 is 0.929 bits per heavy atom. The summed E-state index contributed by atoms with van der Waals surface area (Å²) in [6.45, 7) is 4.05. The molecular formula is C65H112O5. The van der Waals surface area contributed by atoms with Crippen LogP contribution in [0.15, 0.2) is 97.2 Å². The van der Waals surface area contributed by atoms with E-state index in [2.05, 4.69) is 111 Å². The van der Waals surface area contributed by atoms with Crippen molar-refractivity contribution in [3.63, 3.8) is 0 Å². The Kier molecular flexibility index (Phi) is 57.4. The van der Waals surface area contributed by atoms with Gasteiger partial charge in [-0.3, -0.25) is 9.59 Å². The molecule has 0 fully saturated rings. The minimum Gasteiger partial charge on any atom is -0.462 e. The van der Waals surface area contributed by atoms with Crippen molar-refractivity contribution in [2.45, 2.75) is 290 Å². The lowest BCUT2D eigenvalue weighted by atomic mass is 10.0. The smallest absolute Gasteiger partial charge is 0.306 e. The lowest BCUT2D eigenvalue weighted by Gasteiger charge is -2.15. The van der Waals surface area contributed by atoms with Crippen LogP contribution in [0.4, 0.5) is 0 Å². The van der Waals surface area contributed by atoms with E-state index in [0.717, 1.165) is 89.9 Å². The molecule has 0 saturated carbocycles. The number of carbonyl (C=O) groups is 2. The molecule has 0 radical (unpaired) electrons. The number of allylic oxidation sites excluding steroid dienone is 16. The van der Waals surface area contributed by atoms with Gasteiger partial charge in [-0.05, 0) is 77.0 Å². The summed E-state index contributed by atoms with van der Waals surface area (Å²) in [7, 11) is 0. The van der Waals surface area contributed by atoms with E-state index in [-0.39, 0.29) is 25.2 Å². The molecule has 0 aromatic heterocycles. The number of unbranched alkanes of at least 4 members (excludes halogenated alkanes) is 30. The molecule has 402 valence electrons. The van der Waals surface area contributed by atoms with Crippen LogP contribution in [0.3, 0.4) is 0 Å². The van der Waals surface area contributed by atoms with Gasteiger partial charge in [-0.2, -0.15) is 0 Å². The van der Waals surface area contributed by atoms with Crippen LogP contribution in [0, 0.1) is 0 Å². The molecule has 0 aromatic carbocycles. The highest BCUT2D eigenvalue weighted by atomic mass is 16.6. The first kappa shape index (κ1) is 66.8. The van der Waals surface area contributed by atoms with E-state index in [0.29, 0.717) is 12.8 Å². The molecule has 0 bridgehead atoms. The number of hydrogen-bond acceptors (Lipinski definition) is 5. The molecule has 5 heteroatoms. The first-order valence-electron chi connectivity index (χ1n) is 29.8. The second-order valence-electron chi connectivity index (χ2n) is 19.7. The second kappa shape index (κ2) is 60.1. The van der Waals surface area contributed by atoms with Crippen LogP contribution in [0.2, 0.25) is 0 Å². The number of hydrogen-bond donors (Lipinski definition) is 1. The standard InChI is InChI=1S/C65H112O5/c1-3-5-7-9-11-13-15-17-19-21-23-25-26-27-28-29-30-31-32-33-34-35-36-37-38-40-42-44-46-48-50-52-54-56-58-60-65(68)70-63(61-66)62-69-64(67)59-57-55-53-51-49-47-45-43-41-39-24-22-20-18-16-14-12-10-8-6-4-2/h5,7,11,13,17,19,23,25,27-28,30-31,33-34,36-37,63,66H,3-4,6,8-10,12,14-16,18,20-22,24,26,29,32,35,38-62H2,1-2H3/b7-5-,13-11-,19-17-,25-23-,28-27-,31-30-,34-33-,37-36-. The van der Waals surface area contributed by atoms with Gasteiger partial charge < -0.3 is 14.6 Å². The number of aliphatic hydroxyl groups excluding tert-OH is 1. The molecule has 0 aliphatic carbocycles. The molecule has 5 nitrogen and oxygen atoms in total. The minimum atomic E-state index is -0.778. The number of rotatable bonds is 54. The van der Waals surface area contributed by atoms with Crippen LogP contribution >= 0.6 is 0 Å². The van der Waals surface area contributed by atoms with Crippen molar-refractivity contribution in [2.75, 3.05) is 13.2 Å². The maximum atomic E-state index is 12.3. The summed E-state index contributed by atoms with van der Waals surface area (Å²) in [6, 6.07) is 0. The van der Waals surface area contributed by atoms with Gasteiger partial charge in [0.2, 0.25) is 0 Å². The fourth-order valence-corrected chi connectivity index (χ4v) is 8.46. The van der Waals surface area contributed by atoms with E-state index in [1.54, 1.807) is 0 Å². The van der Waals surface area contributed by atoms with Gasteiger partial charge in [-0.1, -0.05) is 291 Å². The summed E-state index contributed by atoms with van der Waals surface area (Å²) in [6.07, 6.45) is 85.3. The quantitative estimate of drug-likeness (QED) is 0.0373. The lowest BCUT2D eigenvalue weighted by Crippen LogP contribution is -2.28. The fraction of sp³-hybridized carbons (Fsp3) is 0.723. The summed E-state index contributed by atoms with van der Waals surface area (Å²) in [5.41, 5.74) is 0. The zero-order valence-electron chi connectivity index (χ0n) is 46.0. The average molecular weight is 974 g/mol. The van der Waals surface area contributed by atoms with Gasteiger partial charge in [0.1, 0.15) is 6.61 Å². The molecule has 1 N–H and O–H groups in total. The Hall–Kier alpha value is -3.18. The molecule has 70 heavy (non-hydrogen) atoms. The van der Waals surface area contributed by atoms with Crippen molar-refractivity contribution >= 4 is 11.9 Å². The first-order valence-corrected chi connectivity index (χ1v) is 29.8. The van der Waals surface area contributed by atoms with E-state index in [1.165, 1.54) is 167 Å². The molecule has 0 aromatic rings.